The second kappa shape index (κ2) is 8.00. The topological polar surface area (TPSA) is 55.8 Å². The molecule has 0 saturated heterocycles. The minimum Gasteiger partial charge on any atom is -0.476 e. The molecule has 1 heterocycles. The maximum atomic E-state index is 13.2. The summed E-state index contributed by atoms with van der Waals surface area (Å²) in [6, 6.07) is 4.99. The van der Waals surface area contributed by atoms with E-state index in [4.69, 9.17) is 9.47 Å². The molecule has 4 unspecified atom stereocenters. The van der Waals surface area contributed by atoms with E-state index in [1.165, 1.54) is 6.42 Å². The van der Waals surface area contributed by atoms with Gasteiger partial charge in [0.05, 0.1) is 5.69 Å². The molecule has 0 bridgehead atoms. The lowest BCUT2D eigenvalue weighted by Gasteiger charge is -2.42. The Morgan fingerprint density at radius 3 is 2.59 bits per heavy atom. The lowest BCUT2D eigenvalue weighted by molar-refractivity contribution is -0.158. The molecule has 1 aromatic rings. The van der Waals surface area contributed by atoms with Gasteiger partial charge in [-0.2, -0.15) is 0 Å². The first-order valence-electron chi connectivity index (χ1n) is 10.8. The molecule has 0 spiro atoms. The van der Waals surface area contributed by atoms with E-state index in [1.807, 2.05) is 25.1 Å². The lowest BCUT2D eigenvalue weighted by Crippen LogP contribution is -2.57. The minimum absolute atomic E-state index is 0.0881. The third-order valence-electron chi connectivity index (χ3n) is 6.43. The fourth-order valence-electron chi connectivity index (χ4n) is 4.61. The van der Waals surface area contributed by atoms with Crippen molar-refractivity contribution >= 4 is 17.6 Å². The van der Waals surface area contributed by atoms with Crippen LogP contribution in [0.2, 0.25) is 0 Å². The SMILES string of the molecule is Cc1ccc2c(c1)N(C(C)C(=O)OC1CC(C)CCC1C(C)C)C(=O)C(C)(C)O2. The lowest BCUT2D eigenvalue weighted by atomic mass is 9.75. The monoisotopic (exact) mass is 401 g/mol. The van der Waals surface area contributed by atoms with Crippen molar-refractivity contribution in [1.82, 2.24) is 0 Å². The molecule has 5 heteroatoms. The highest BCUT2D eigenvalue weighted by Crippen LogP contribution is 2.40. The predicted molar refractivity (Wildman–Crippen MR) is 114 cm³/mol. The molecule has 1 fully saturated rings. The summed E-state index contributed by atoms with van der Waals surface area (Å²) in [6.07, 6.45) is 3.06. The average molecular weight is 402 g/mol. The molecule has 5 nitrogen and oxygen atoms in total. The Labute approximate surface area is 174 Å². The Bertz CT molecular complexity index is 785. The number of fused-ring (bicyclic) bond motifs is 1. The number of nitrogens with zero attached hydrogens (tertiary/aromatic N) is 1. The number of rotatable bonds is 4. The van der Waals surface area contributed by atoms with Crippen LogP contribution in [0.1, 0.15) is 66.4 Å². The van der Waals surface area contributed by atoms with Crippen molar-refractivity contribution in [1.29, 1.82) is 0 Å². The molecular weight excluding hydrogens is 366 g/mol. The van der Waals surface area contributed by atoms with Gasteiger partial charge in [-0.25, -0.2) is 4.79 Å². The van der Waals surface area contributed by atoms with Gasteiger partial charge in [-0.15, -0.1) is 0 Å². The third-order valence-corrected chi connectivity index (χ3v) is 6.43. The van der Waals surface area contributed by atoms with E-state index in [1.54, 1.807) is 25.7 Å². The minimum atomic E-state index is -1.03. The quantitative estimate of drug-likeness (QED) is 0.674. The number of carbonyl (C=O) groups is 2. The average Bonchev–Trinajstić information content (AvgIpc) is 2.62. The Kier molecular flexibility index (Phi) is 5.98. The molecule has 3 rings (SSSR count). The van der Waals surface area contributed by atoms with Crippen LogP contribution in [0.25, 0.3) is 0 Å². The van der Waals surface area contributed by atoms with E-state index >= 15 is 0 Å². The van der Waals surface area contributed by atoms with Gasteiger partial charge in [-0.1, -0.05) is 33.3 Å². The normalized spacial score (nSPS) is 27.2. The number of anilines is 1. The molecule has 2 aliphatic rings. The van der Waals surface area contributed by atoms with Crippen LogP contribution >= 0.6 is 0 Å². The van der Waals surface area contributed by atoms with E-state index in [2.05, 4.69) is 20.8 Å². The predicted octanol–water partition coefficient (Wildman–Crippen LogP) is 4.89. The zero-order chi connectivity index (χ0) is 21.5. The number of carbonyl (C=O) groups excluding carboxylic acids is 2. The molecular formula is C24H35NO4. The van der Waals surface area contributed by atoms with Crippen LogP contribution in [0.4, 0.5) is 5.69 Å². The maximum absolute atomic E-state index is 13.2. The van der Waals surface area contributed by atoms with Crippen LogP contribution in [0.3, 0.4) is 0 Å². The number of amides is 1. The number of aryl methyl sites for hydroxylation is 1. The molecule has 1 saturated carbocycles. The summed E-state index contributed by atoms with van der Waals surface area (Å²) in [5.74, 6) is 1.43. The largest absolute Gasteiger partial charge is 0.476 e. The first kappa shape index (κ1) is 21.7. The first-order chi connectivity index (χ1) is 13.5. The van der Waals surface area contributed by atoms with Crippen LogP contribution in [0.5, 0.6) is 5.75 Å². The highest BCUT2D eigenvalue weighted by atomic mass is 16.5. The number of hydrogen-bond acceptors (Lipinski definition) is 4. The van der Waals surface area contributed by atoms with Crippen LogP contribution < -0.4 is 9.64 Å². The van der Waals surface area contributed by atoms with Gasteiger partial charge in [0.15, 0.2) is 5.60 Å². The number of benzene rings is 1. The summed E-state index contributed by atoms with van der Waals surface area (Å²) >= 11 is 0. The van der Waals surface area contributed by atoms with E-state index < -0.39 is 11.6 Å². The molecule has 1 aliphatic heterocycles. The van der Waals surface area contributed by atoms with Crippen molar-refractivity contribution in [2.45, 2.75) is 85.5 Å². The fraction of sp³-hybridized carbons (Fsp3) is 0.667. The van der Waals surface area contributed by atoms with Crippen molar-refractivity contribution in [3.63, 3.8) is 0 Å². The van der Waals surface area contributed by atoms with Gasteiger partial charge in [0.2, 0.25) is 0 Å². The third kappa shape index (κ3) is 4.29. The Morgan fingerprint density at radius 2 is 1.93 bits per heavy atom. The summed E-state index contributed by atoms with van der Waals surface area (Å²) in [5, 5.41) is 0. The second-order valence-electron chi connectivity index (χ2n) is 9.74. The van der Waals surface area contributed by atoms with Crippen LogP contribution in [0, 0.1) is 24.7 Å². The van der Waals surface area contributed by atoms with Gasteiger partial charge in [-0.05, 0) is 76.0 Å². The van der Waals surface area contributed by atoms with Gasteiger partial charge in [0.1, 0.15) is 17.9 Å². The highest BCUT2D eigenvalue weighted by molar-refractivity contribution is 6.06. The van der Waals surface area contributed by atoms with Crippen molar-refractivity contribution < 1.29 is 19.1 Å². The second-order valence-corrected chi connectivity index (χ2v) is 9.74. The summed E-state index contributed by atoms with van der Waals surface area (Å²) in [5.41, 5.74) is 0.610. The van der Waals surface area contributed by atoms with E-state index in [0.717, 1.165) is 18.4 Å². The highest BCUT2D eigenvalue weighted by Gasteiger charge is 2.45. The molecule has 160 valence electrons. The van der Waals surface area contributed by atoms with Gasteiger partial charge in [0, 0.05) is 0 Å². The molecule has 1 amide bonds. The zero-order valence-corrected chi connectivity index (χ0v) is 18.8. The fourth-order valence-corrected chi connectivity index (χ4v) is 4.61. The number of ether oxygens (including phenoxy) is 2. The Morgan fingerprint density at radius 1 is 1.24 bits per heavy atom. The van der Waals surface area contributed by atoms with Crippen molar-refractivity contribution in [2.75, 3.05) is 4.90 Å². The van der Waals surface area contributed by atoms with E-state index in [9.17, 15) is 9.59 Å². The number of hydrogen-bond donors (Lipinski definition) is 0. The van der Waals surface area contributed by atoms with Gasteiger partial charge in [0.25, 0.3) is 5.91 Å². The first-order valence-corrected chi connectivity index (χ1v) is 10.8. The van der Waals surface area contributed by atoms with E-state index in [-0.39, 0.29) is 18.0 Å². The summed E-state index contributed by atoms with van der Waals surface area (Å²) in [6.45, 7) is 13.8. The molecule has 29 heavy (non-hydrogen) atoms. The van der Waals surface area contributed by atoms with Crippen molar-refractivity contribution in [3.8, 4) is 5.75 Å². The summed E-state index contributed by atoms with van der Waals surface area (Å²) < 4.78 is 12.0. The molecule has 0 N–H and O–H groups in total. The van der Waals surface area contributed by atoms with Crippen molar-refractivity contribution in [3.05, 3.63) is 23.8 Å². The molecule has 0 radical (unpaired) electrons. The Hall–Kier alpha value is -2.04. The van der Waals surface area contributed by atoms with Gasteiger partial charge < -0.3 is 9.47 Å². The van der Waals surface area contributed by atoms with Gasteiger partial charge in [-0.3, -0.25) is 9.69 Å². The van der Waals surface area contributed by atoms with Crippen LogP contribution in [-0.4, -0.2) is 29.6 Å². The van der Waals surface area contributed by atoms with Crippen molar-refractivity contribution in [2.24, 2.45) is 17.8 Å². The molecule has 0 aromatic heterocycles. The summed E-state index contributed by atoms with van der Waals surface area (Å²) in [4.78, 5) is 27.9. The standard InChI is InChI=1S/C24H35NO4/c1-14(2)18-10-8-16(4)13-21(18)28-22(26)17(5)25-19-12-15(3)9-11-20(19)29-24(6,7)23(25)27/h9,11-12,14,16-18,21H,8,10,13H2,1-7H3. The molecule has 1 aliphatic carbocycles. The molecule has 1 aromatic carbocycles. The molecule has 4 atom stereocenters. The Balaban J connectivity index is 1.86. The maximum Gasteiger partial charge on any atom is 0.329 e. The van der Waals surface area contributed by atoms with Crippen LogP contribution in [-0.2, 0) is 14.3 Å². The zero-order valence-electron chi connectivity index (χ0n) is 18.8. The number of esters is 1. The van der Waals surface area contributed by atoms with E-state index in [0.29, 0.717) is 29.2 Å². The smallest absolute Gasteiger partial charge is 0.329 e. The van der Waals surface area contributed by atoms with Gasteiger partial charge >= 0.3 is 5.97 Å². The summed E-state index contributed by atoms with van der Waals surface area (Å²) in [7, 11) is 0. The van der Waals surface area contributed by atoms with Crippen LogP contribution in [0.15, 0.2) is 18.2 Å².